The number of pyridine rings is 1. The zero-order valence-corrected chi connectivity index (χ0v) is 19.9. The molecule has 0 saturated heterocycles. The molecule has 0 amide bonds. The lowest BCUT2D eigenvalue weighted by Gasteiger charge is -2.22. The second-order valence-corrected chi connectivity index (χ2v) is 9.65. The van der Waals surface area contributed by atoms with E-state index in [-0.39, 0.29) is 11.7 Å². The summed E-state index contributed by atoms with van der Waals surface area (Å²) in [6.07, 6.45) is 13.4. The molecule has 2 aromatic heterocycles. The van der Waals surface area contributed by atoms with Gasteiger partial charge in [0.1, 0.15) is 0 Å². The summed E-state index contributed by atoms with van der Waals surface area (Å²) in [6, 6.07) is 4.18. The molecule has 0 bridgehead atoms. The number of allylic oxidation sites excluding steroid dienone is 3. The number of ketones is 1. The molecule has 1 aliphatic rings. The van der Waals surface area contributed by atoms with Crippen LogP contribution in [0.4, 0.5) is 0 Å². The van der Waals surface area contributed by atoms with Crippen molar-refractivity contribution in [2.75, 3.05) is 0 Å². The van der Waals surface area contributed by atoms with Crippen molar-refractivity contribution in [1.29, 1.82) is 0 Å². The van der Waals surface area contributed by atoms with Crippen molar-refractivity contribution in [2.24, 2.45) is 11.8 Å². The zero-order valence-electron chi connectivity index (χ0n) is 19.1. The van der Waals surface area contributed by atoms with Gasteiger partial charge in [-0.2, -0.15) is 0 Å². The maximum Gasteiger partial charge on any atom is 0.189 e. The highest BCUT2D eigenvalue weighted by Gasteiger charge is 2.30. The fourth-order valence-corrected chi connectivity index (χ4v) is 5.45. The second kappa shape index (κ2) is 10.3. The zero-order chi connectivity index (χ0) is 21.7. The van der Waals surface area contributed by atoms with Crippen molar-refractivity contribution in [2.45, 2.75) is 72.6 Å². The van der Waals surface area contributed by atoms with Gasteiger partial charge in [0, 0.05) is 28.4 Å². The van der Waals surface area contributed by atoms with Crippen molar-refractivity contribution in [3.8, 4) is 0 Å². The molecule has 2 nitrogen and oxygen atoms in total. The summed E-state index contributed by atoms with van der Waals surface area (Å²) in [7, 11) is 0. The lowest BCUT2D eigenvalue weighted by Crippen LogP contribution is -2.15. The van der Waals surface area contributed by atoms with Crippen LogP contribution in [0.5, 0.6) is 0 Å². The minimum Gasteiger partial charge on any atom is -0.289 e. The number of aromatic nitrogens is 1. The summed E-state index contributed by atoms with van der Waals surface area (Å²) >= 11 is 1.74. The van der Waals surface area contributed by atoms with Crippen molar-refractivity contribution >= 4 is 28.8 Å². The Kier molecular flexibility index (Phi) is 7.82. The molecule has 0 spiro atoms. The van der Waals surface area contributed by atoms with Crippen LogP contribution in [0.1, 0.15) is 87.3 Å². The monoisotopic (exact) mass is 421 g/mol. The van der Waals surface area contributed by atoms with Gasteiger partial charge in [-0.3, -0.25) is 9.78 Å². The van der Waals surface area contributed by atoms with E-state index in [0.29, 0.717) is 11.8 Å². The van der Waals surface area contributed by atoms with Crippen LogP contribution in [0.2, 0.25) is 0 Å². The average Bonchev–Trinajstić information content (AvgIpc) is 3.11. The third-order valence-electron chi connectivity index (χ3n) is 6.77. The van der Waals surface area contributed by atoms with Gasteiger partial charge < -0.3 is 0 Å². The number of thiophene rings is 1. The molecule has 160 valence electrons. The van der Waals surface area contributed by atoms with Gasteiger partial charge in [-0.05, 0) is 90.6 Å². The van der Waals surface area contributed by atoms with Gasteiger partial charge in [0.05, 0.1) is 0 Å². The summed E-state index contributed by atoms with van der Waals surface area (Å²) in [6.45, 7) is 11.1. The topological polar surface area (TPSA) is 30.0 Å². The van der Waals surface area contributed by atoms with Crippen LogP contribution in [0.15, 0.2) is 41.6 Å². The molecule has 2 heterocycles. The molecule has 30 heavy (non-hydrogen) atoms. The van der Waals surface area contributed by atoms with Gasteiger partial charge in [0.25, 0.3) is 0 Å². The van der Waals surface area contributed by atoms with E-state index in [0.717, 1.165) is 42.4 Å². The van der Waals surface area contributed by atoms with Gasteiger partial charge in [0.15, 0.2) is 5.78 Å². The van der Waals surface area contributed by atoms with Crippen LogP contribution >= 0.6 is 11.3 Å². The van der Waals surface area contributed by atoms with Crippen LogP contribution in [0.25, 0.3) is 11.6 Å². The van der Waals surface area contributed by atoms with E-state index in [1.807, 2.05) is 18.5 Å². The summed E-state index contributed by atoms with van der Waals surface area (Å²) in [5, 5.41) is 2.11. The first-order chi connectivity index (χ1) is 14.5. The first kappa shape index (κ1) is 22.7. The molecule has 2 aromatic rings. The Morgan fingerprint density at radius 1 is 1.27 bits per heavy atom. The molecule has 1 aliphatic carbocycles. The fraction of sp³-hybridized carbons (Fsp3) is 0.481. The van der Waals surface area contributed by atoms with Crippen molar-refractivity contribution in [3.63, 3.8) is 0 Å². The summed E-state index contributed by atoms with van der Waals surface area (Å²) in [5.41, 5.74) is 5.32. The van der Waals surface area contributed by atoms with E-state index < -0.39 is 0 Å². The molecular formula is C27H35NOS. The summed E-state index contributed by atoms with van der Waals surface area (Å²) < 4.78 is 0. The lowest BCUT2D eigenvalue weighted by molar-refractivity contribution is -0.111. The highest BCUT2D eigenvalue weighted by atomic mass is 32.1. The number of hydrogen-bond acceptors (Lipinski definition) is 3. The van der Waals surface area contributed by atoms with Crippen molar-refractivity contribution in [3.05, 3.63) is 63.1 Å². The Hall–Kier alpha value is -2.00. The number of carbonyl (C=O) groups is 1. The minimum absolute atomic E-state index is 0.200. The lowest BCUT2D eigenvalue weighted by atomic mass is 9.82. The molecule has 2 atom stereocenters. The summed E-state index contributed by atoms with van der Waals surface area (Å²) in [4.78, 5) is 19.7. The molecule has 2 unspecified atom stereocenters. The first-order valence-corrected chi connectivity index (χ1v) is 12.3. The highest BCUT2D eigenvalue weighted by molar-refractivity contribution is 7.10. The molecule has 0 aromatic carbocycles. The molecular weight excluding hydrogens is 386 g/mol. The van der Waals surface area contributed by atoms with E-state index in [9.17, 15) is 4.79 Å². The molecule has 0 N–H and O–H groups in total. The Morgan fingerprint density at radius 2 is 2.03 bits per heavy atom. The van der Waals surface area contributed by atoms with E-state index in [1.165, 1.54) is 22.4 Å². The quantitative estimate of drug-likeness (QED) is 0.406. The number of rotatable bonds is 8. The maximum atomic E-state index is 14.0. The fourth-order valence-electron chi connectivity index (χ4n) is 4.77. The number of hydrogen-bond donors (Lipinski definition) is 0. The van der Waals surface area contributed by atoms with Gasteiger partial charge in [-0.25, -0.2) is 0 Å². The third-order valence-corrected chi connectivity index (χ3v) is 7.63. The van der Waals surface area contributed by atoms with Crippen LogP contribution in [-0.2, 0) is 4.79 Å². The number of aryl methyl sites for hydroxylation is 1. The van der Waals surface area contributed by atoms with Crippen LogP contribution in [-0.4, -0.2) is 10.8 Å². The highest BCUT2D eigenvalue weighted by Crippen LogP contribution is 2.40. The molecule has 0 fully saturated rings. The Bertz CT molecular complexity index is 932. The maximum absolute atomic E-state index is 14.0. The molecule has 0 radical (unpaired) electrons. The predicted molar refractivity (Wildman–Crippen MR) is 130 cm³/mol. The molecule has 0 saturated carbocycles. The SMILES string of the molecule is CCCC1CC=C(C(=O)C(=Cc2ccsc2C)C(CC)CC)c2ccncc2C1C. The van der Waals surface area contributed by atoms with Gasteiger partial charge in [-0.1, -0.05) is 40.2 Å². The normalized spacial score (nSPS) is 19.4. The van der Waals surface area contributed by atoms with Gasteiger partial charge >= 0.3 is 0 Å². The standard InChI is InChI=1S/C27H35NOS/c1-6-9-21-10-11-24(23-12-14-28-17-26(23)18(21)4)27(29)25(20(7-2)8-3)16-22-13-15-30-19(22)5/h11-18,20-21H,6-10H2,1-5H3. The van der Waals surface area contributed by atoms with Crippen LogP contribution in [0, 0.1) is 18.8 Å². The number of carbonyl (C=O) groups excluding carboxylic acids is 1. The largest absolute Gasteiger partial charge is 0.289 e. The Labute approximate surface area is 186 Å². The molecule has 0 aliphatic heterocycles. The minimum atomic E-state index is 0.200. The smallest absolute Gasteiger partial charge is 0.189 e. The van der Waals surface area contributed by atoms with Crippen molar-refractivity contribution < 1.29 is 4.79 Å². The molecule has 3 heteroatoms. The van der Waals surface area contributed by atoms with E-state index in [1.54, 1.807) is 11.3 Å². The number of Topliss-reactive ketones (excluding diaryl/α,β-unsaturated/α-hetero) is 1. The predicted octanol–water partition coefficient (Wildman–Crippen LogP) is 7.85. The summed E-state index contributed by atoms with van der Waals surface area (Å²) in [5.74, 6) is 1.44. The van der Waals surface area contributed by atoms with Crippen LogP contribution < -0.4 is 0 Å². The van der Waals surface area contributed by atoms with Crippen LogP contribution in [0.3, 0.4) is 0 Å². The Balaban J connectivity index is 2.10. The first-order valence-electron chi connectivity index (χ1n) is 11.5. The van der Waals surface area contributed by atoms with E-state index >= 15 is 0 Å². The molecule has 3 rings (SSSR count). The van der Waals surface area contributed by atoms with Gasteiger partial charge in [0.2, 0.25) is 0 Å². The van der Waals surface area contributed by atoms with E-state index in [2.05, 4.69) is 63.2 Å². The van der Waals surface area contributed by atoms with Gasteiger partial charge in [-0.15, -0.1) is 11.3 Å². The second-order valence-electron chi connectivity index (χ2n) is 8.53. The number of nitrogens with zero attached hydrogens (tertiary/aromatic N) is 1. The average molecular weight is 422 g/mol. The Morgan fingerprint density at radius 3 is 2.67 bits per heavy atom. The van der Waals surface area contributed by atoms with Crippen molar-refractivity contribution in [1.82, 2.24) is 4.98 Å². The van der Waals surface area contributed by atoms with E-state index in [4.69, 9.17) is 0 Å². The third kappa shape index (κ3) is 4.67. The number of fused-ring (bicyclic) bond motifs is 1.